The summed E-state index contributed by atoms with van der Waals surface area (Å²) in [4.78, 5) is 34.4. The second-order valence-corrected chi connectivity index (χ2v) is 10.7. The number of benzene rings is 3. The molecule has 1 fully saturated rings. The number of hydrogen-bond donors (Lipinski definition) is 1. The summed E-state index contributed by atoms with van der Waals surface area (Å²) >= 11 is 0. The van der Waals surface area contributed by atoms with Gasteiger partial charge in [-0.1, -0.05) is 55.8 Å². The molecule has 6 heteroatoms. The maximum absolute atomic E-state index is 13.8. The fourth-order valence-electron chi connectivity index (χ4n) is 5.20. The standard InChI is InChI=1S/C34H39N3O3/c1-3-4-7-25-10-14-27(15-11-25)34(39)37(29-16-17-29)24-33(38)36(23-26-12-18-30(40-2)19-13-26)21-20-28-22-35-32-9-6-5-8-31(28)32/h5-6,8-15,18-19,22,29,35H,3-4,7,16-17,20-21,23-24H2,1-2H3. The zero-order chi connectivity index (χ0) is 27.9. The highest BCUT2D eigenvalue weighted by molar-refractivity contribution is 5.97. The number of rotatable bonds is 13. The monoisotopic (exact) mass is 537 g/mol. The number of ether oxygens (including phenoxy) is 1. The number of fused-ring (bicyclic) bond motifs is 1. The van der Waals surface area contributed by atoms with Crippen LogP contribution in [0.25, 0.3) is 10.9 Å². The summed E-state index contributed by atoms with van der Waals surface area (Å²) in [5, 5.41) is 1.18. The first-order valence-electron chi connectivity index (χ1n) is 14.4. The number of unbranched alkanes of at least 4 members (excludes halogenated alkanes) is 1. The molecule has 0 aliphatic heterocycles. The number of amides is 2. The second kappa shape index (κ2) is 12.9. The molecule has 0 saturated heterocycles. The van der Waals surface area contributed by atoms with Crippen molar-refractivity contribution in [2.75, 3.05) is 20.2 Å². The molecule has 0 radical (unpaired) electrons. The summed E-state index contributed by atoms with van der Waals surface area (Å²) in [6.07, 6.45) is 7.95. The van der Waals surface area contributed by atoms with E-state index < -0.39 is 0 Å². The minimum absolute atomic E-state index is 0.0320. The van der Waals surface area contributed by atoms with Gasteiger partial charge >= 0.3 is 0 Å². The molecule has 1 aliphatic carbocycles. The van der Waals surface area contributed by atoms with Crippen LogP contribution < -0.4 is 4.74 Å². The predicted octanol–water partition coefficient (Wildman–Crippen LogP) is 6.40. The Kier molecular flexibility index (Phi) is 8.84. The second-order valence-electron chi connectivity index (χ2n) is 10.7. The molecule has 0 unspecified atom stereocenters. The summed E-state index contributed by atoms with van der Waals surface area (Å²) in [5.41, 5.74) is 5.20. The van der Waals surface area contributed by atoms with Gasteiger partial charge in [0.15, 0.2) is 0 Å². The van der Waals surface area contributed by atoms with Crippen molar-refractivity contribution in [2.24, 2.45) is 0 Å². The molecule has 1 aromatic heterocycles. The van der Waals surface area contributed by atoms with Gasteiger partial charge in [0, 0.05) is 41.8 Å². The summed E-state index contributed by atoms with van der Waals surface area (Å²) in [5.74, 6) is 0.695. The molecule has 0 bridgehead atoms. The quantitative estimate of drug-likeness (QED) is 0.215. The van der Waals surface area contributed by atoms with E-state index in [0.29, 0.717) is 18.7 Å². The van der Waals surface area contributed by atoms with Crippen molar-refractivity contribution < 1.29 is 14.3 Å². The Bertz CT molecular complexity index is 1420. The molecule has 40 heavy (non-hydrogen) atoms. The van der Waals surface area contributed by atoms with Crippen molar-refractivity contribution in [3.63, 3.8) is 0 Å². The smallest absolute Gasteiger partial charge is 0.254 e. The van der Waals surface area contributed by atoms with Gasteiger partial charge in [-0.3, -0.25) is 9.59 Å². The van der Waals surface area contributed by atoms with Gasteiger partial charge in [-0.15, -0.1) is 0 Å². The molecule has 1 saturated carbocycles. The van der Waals surface area contributed by atoms with Crippen LogP contribution in [0.2, 0.25) is 0 Å². The van der Waals surface area contributed by atoms with Gasteiger partial charge < -0.3 is 19.5 Å². The minimum atomic E-state index is -0.0566. The Hall–Kier alpha value is -4.06. The highest BCUT2D eigenvalue weighted by Gasteiger charge is 2.35. The van der Waals surface area contributed by atoms with Crippen LogP contribution in [0.1, 0.15) is 59.7 Å². The summed E-state index contributed by atoms with van der Waals surface area (Å²) < 4.78 is 5.31. The molecule has 1 N–H and O–H groups in total. The van der Waals surface area contributed by atoms with Crippen LogP contribution in [0, 0.1) is 0 Å². The lowest BCUT2D eigenvalue weighted by atomic mass is 10.1. The number of aromatic amines is 1. The van der Waals surface area contributed by atoms with Gasteiger partial charge in [0.2, 0.25) is 5.91 Å². The van der Waals surface area contributed by atoms with Crippen molar-refractivity contribution in [1.29, 1.82) is 0 Å². The molecule has 2 amide bonds. The van der Waals surface area contributed by atoms with Crippen LogP contribution in [0.3, 0.4) is 0 Å². The number of H-pyrrole nitrogens is 1. The first-order chi connectivity index (χ1) is 19.6. The summed E-state index contributed by atoms with van der Waals surface area (Å²) in [6, 6.07) is 24.1. The molecule has 0 atom stereocenters. The van der Waals surface area contributed by atoms with Crippen LogP contribution in [0.15, 0.2) is 79.0 Å². The third-order valence-electron chi connectivity index (χ3n) is 7.79. The number of carbonyl (C=O) groups is 2. The predicted molar refractivity (Wildman–Crippen MR) is 160 cm³/mol. The average molecular weight is 538 g/mol. The highest BCUT2D eigenvalue weighted by Crippen LogP contribution is 2.29. The van der Waals surface area contributed by atoms with Gasteiger partial charge in [-0.25, -0.2) is 0 Å². The first kappa shape index (κ1) is 27.5. The van der Waals surface area contributed by atoms with E-state index in [1.807, 2.05) is 71.8 Å². The Balaban J connectivity index is 1.32. The molecule has 6 nitrogen and oxygen atoms in total. The topological polar surface area (TPSA) is 65.6 Å². The molecule has 1 aliphatic rings. The maximum atomic E-state index is 13.8. The number of para-hydroxylation sites is 1. The maximum Gasteiger partial charge on any atom is 0.254 e. The van der Waals surface area contributed by atoms with E-state index >= 15 is 0 Å². The van der Waals surface area contributed by atoms with E-state index in [2.05, 4.69) is 24.0 Å². The largest absolute Gasteiger partial charge is 0.497 e. The number of nitrogens with zero attached hydrogens (tertiary/aromatic N) is 2. The van der Waals surface area contributed by atoms with Crippen LogP contribution in [-0.2, 0) is 24.2 Å². The SMILES string of the molecule is CCCCc1ccc(C(=O)N(CC(=O)N(CCc2c[nH]c3ccccc23)Cc2ccc(OC)cc2)C2CC2)cc1. The van der Waals surface area contributed by atoms with Gasteiger partial charge in [0.25, 0.3) is 5.91 Å². The normalized spacial score (nSPS) is 12.8. The summed E-state index contributed by atoms with van der Waals surface area (Å²) in [6.45, 7) is 3.31. The third-order valence-corrected chi connectivity index (χ3v) is 7.79. The van der Waals surface area contributed by atoms with Crippen molar-refractivity contribution in [2.45, 2.75) is 58.0 Å². The zero-order valence-electron chi connectivity index (χ0n) is 23.6. The molecule has 3 aromatic carbocycles. The van der Waals surface area contributed by atoms with Gasteiger partial charge in [0.05, 0.1) is 7.11 Å². The van der Waals surface area contributed by atoms with E-state index in [1.165, 1.54) is 16.5 Å². The Labute approximate surface area is 236 Å². The Morgan fingerprint density at radius 1 is 0.925 bits per heavy atom. The lowest BCUT2D eigenvalue weighted by Crippen LogP contribution is -2.44. The van der Waals surface area contributed by atoms with E-state index in [1.54, 1.807) is 12.0 Å². The Morgan fingerprint density at radius 3 is 2.35 bits per heavy atom. The van der Waals surface area contributed by atoms with E-state index in [9.17, 15) is 9.59 Å². The lowest BCUT2D eigenvalue weighted by Gasteiger charge is -2.28. The number of nitrogens with one attached hydrogen (secondary N) is 1. The zero-order valence-corrected chi connectivity index (χ0v) is 23.6. The lowest BCUT2D eigenvalue weighted by molar-refractivity contribution is -0.132. The Morgan fingerprint density at radius 2 is 1.65 bits per heavy atom. The van der Waals surface area contributed by atoms with Crippen LogP contribution in [0.4, 0.5) is 0 Å². The summed E-state index contributed by atoms with van der Waals surface area (Å²) in [7, 11) is 1.65. The van der Waals surface area contributed by atoms with Crippen molar-refractivity contribution >= 4 is 22.7 Å². The molecule has 4 aromatic rings. The molecular weight excluding hydrogens is 498 g/mol. The molecular formula is C34H39N3O3. The van der Waals surface area contributed by atoms with Crippen molar-refractivity contribution in [1.82, 2.24) is 14.8 Å². The highest BCUT2D eigenvalue weighted by atomic mass is 16.5. The third kappa shape index (κ3) is 6.74. The molecule has 1 heterocycles. The van der Waals surface area contributed by atoms with Gasteiger partial charge in [0.1, 0.15) is 12.3 Å². The minimum Gasteiger partial charge on any atom is -0.497 e. The van der Waals surface area contributed by atoms with Gasteiger partial charge in [-0.2, -0.15) is 0 Å². The fraction of sp³-hybridized carbons (Fsp3) is 0.353. The van der Waals surface area contributed by atoms with Crippen molar-refractivity contribution in [3.8, 4) is 5.75 Å². The van der Waals surface area contributed by atoms with E-state index in [-0.39, 0.29) is 24.4 Å². The number of carbonyl (C=O) groups excluding carboxylic acids is 2. The van der Waals surface area contributed by atoms with E-state index in [0.717, 1.165) is 55.4 Å². The average Bonchev–Trinajstić information content (AvgIpc) is 3.76. The molecule has 5 rings (SSSR count). The molecule has 0 spiro atoms. The van der Waals surface area contributed by atoms with Crippen LogP contribution >= 0.6 is 0 Å². The number of aromatic nitrogens is 1. The number of aryl methyl sites for hydroxylation is 1. The van der Waals surface area contributed by atoms with Crippen molar-refractivity contribution in [3.05, 3.63) is 101 Å². The fourth-order valence-corrected chi connectivity index (χ4v) is 5.20. The van der Waals surface area contributed by atoms with Crippen LogP contribution in [0.5, 0.6) is 5.75 Å². The molecule has 208 valence electrons. The van der Waals surface area contributed by atoms with Crippen LogP contribution in [-0.4, -0.2) is 52.8 Å². The first-order valence-corrected chi connectivity index (χ1v) is 14.4. The van der Waals surface area contributed by atoms with Gasteiger partial charge in [-0.05, 0) is 79.1 Å². The number of methoxy groups -OCH3 is 1. The number of hydrogen-bond acceptors (Lipinski definition) is 3. The van der Waals surface area contributed by atoms with E-state index in [4.69, 9.17) is 4.74 Å².